The van der Waals surface area contributed by atoms with Gasteiger partial charge in [0.2, 0.25) is 11.8 Å². The number of rotatable bonds is 6. The lowest BCUT2D eigenvalue weighted by Crippen LogP contribution is -2.54. The van der Waals surface area contributed by atoms with E-state index in [1.165, 1.54) is 7.11 Å². The number of piperidine rings is 1. The molecule has 1 aromatic carbocycles. The topological polar surface area (TPSA) is 87.7 Å². The highest BCUT2D eigenvalue weighted by Gasteiger charge is 2.32. The highest BCUT2D eigenvalue weighted by molar-refractivity contribution is 5.86. The van der Waals surface area contributed by atoms with Gasteiger partial charge in [0.25, 0.3) is 0 Å². The molecule has 28 heavy (non-hydrogen) atoms. The van der Waals surface area contributed by atoms with Crippen LogP contribution in [0.15, 0.2) is 30.3 Å². The van der Waals surface area contributed by atoms with Gasteiger partial charge in [0, 0.05) is 31.5 Å². The molecule has 7 nitrogen and oxygen atoms in total. The van der Waals surface area contributed by atoms with Crippen LogP contribution in [-0.2, 0) is 20.7 Å². The van der Waals surface area contributed by atoms with Crippen molar-refractivity contribution in [1.29, 1.82) is 0 Å². The van der Waals surface area contributed by atoms with Gasteiger partial charge in [-0.3, -0.25) is 9.59 Å². The molecular weight excluding hydrogens is 358 g/mol. The average Bonchev–Trinajstić information content (AvgIpc) is 2.66. The van der Waals surface area contributed by atoms with Crippen molar-refractivity contribution in [3.8, 4) is 0 Å². The smallest absolute Gasteiger partial charge is 0.407 e. The molecule has 2 N–H and O–H groups in total. The van der Waals surface area contributed by atoms with Crippen LogP contribution in [0.2, 0.25) is 0 Å². The first-order valence-electron chi connectivity index (χ1n) is 10.0. The third kappa shape index (κ3) is 5.24. The van der Waals surface area contributed by atoms with Crippen LogP contribution in [0.4, 0.5) is 4.79 Å². The molecule has 7 heteroatoms. The van der Waals surface area contributed by atoms with Crippen LogP contribution >= 0.6 is 0 Å². The van der Waals surface area contributed by atoms with Gasteiger partial charge in [-0.1, -0.05) is 36.8 Å². The third-order valence-electron chi connectivity index (χ3n) is 5.69. The number of nitrogens with zero attached hydrogens (tertiary/aromatic N) is 1. The second kappa shape index (κ2) is 9.57. The molecule has 2 fully saturated rings. The lowest BCUT2D eigenvalue weighted by Gasteiger charge is -2.35. The molecule has 152 valence electrons. The van der Waals surface area contributed by atoms with Gasteiger partial charge in [0.15, 0.2) is 0 Å². The molecule has 2 aliphatic rings. The first-order chi connectivity index (χ1) is 13.6. The molecule has 0 bridgehead atoms. The molecule has 1 aromatic rings. The zero-order valence-corrected chi connectivity index (χ0v) is 16.4. The Balaban J connectivity index is 1.54. The highest BCUT2D eigenvalue weighted by Crippen LogP contribution is 2.26. The van der Waals surface area contributed by atoms with Gasteiger partial charge in [0.05, 0.1) is 7.11 Å². The van der Waals surface area contributed by atoms with Crippen LogP contribution in [0, 0.1) is 5.92 Å². The summed E-state index contributed by atoms with van der Waals surface area (Å²) >= 11 is 0. The molecule has 3 rings (SSSR count). The van der Waals surface area contributed by atoms with E-state index in [0.717, 1.165) is 37.7 Å². The van der Waals surface area contributed by atoms with Crippen molar-refractivity contribution in [2.24, 2.45) is 5.92 Å². The summed E-state index contributed by atoms with van der Waals surface area (Å²) in [4.78, 5) is 38.6. The monoisotopic (exact) mass is 387 g/mol. The first kappa shape index (κ1) is 20.2. The molecule has 1 aliphatic heterocycles. The van der Waals surface area contributed by atoms with Gasteiger partial charge in [-0.15, -0.1) is 0 Å². The largest absolute Gasteiger partial charge is 0.453 e. The number of hydrogen-bond donors (Lipinski definition) is 2. The minimum Gasteiger partial charge on any atom is -0.453 e. The van der Waals surface area contributed by atoms with Crippen molar-refractivity contribution in [2.45, 2.75) is 50.6 Å². The minimum atomic E-state index is -0.670. The molecule has 1 saturated heterocycles. The predicted octanol–water partition coefficient (Wildman–Crippen LogP) is 1.86. The van der Waals surface area contributed by atoms with Gasteiger partial charge in [-0.2, -0.15) is 0 Å². The summed E-state index contributed by atoms with van der Waals surface area (Å²) in [5.74, 6) is 0.225. The van der Waals surface area contributed by atoms with Crippen LogP contribution in [-0.4, -0.2) is 55.1 Å². The van der Waals surface area contributed by atoms with Crippen LogP contribution in [0.5, 0.6) is 0 Å². The Labute approximate surface area is 165 Å². The van der Waals surface area contributed by atoms with E-state index >= 15 is 0 Å². The summed E-state index contributed by atoms with van der Waals surface area (Å²) in [6.07, 6.45) is 4.39. The summed E-state index contributed by atoms with van der Waals surface area (Å²) in [5.41, 5.74) is 0.972. The fourth-order valence-electron chi connectivity index (χ4n) is 3.71. The fraction of sp³-hybridized carbons (Fsp3) is 0.571. The number of amides is 3. The number of methoxy groups -OCH3 is 1. The standard InChI is InChI=1S/C21H29N3O4/c1-28-21(27)23-18(14-15-6-3-2-4-7-15)20(26)24-12-10-17(11-13-24)22-19(25)16-8-5-9-16/h2-4,6-7,16-18H,5,8-14H2,1H3,(H,22,25)(H,23,27). The Morgan fingerprint density at radius 2 is 1.79 bits per heavy atom. The van der Waals surface area contributed by atoms with Crippen LogP contribution in [0.1, 0.15) is 37.7 Å². The zero-order chi connectivity index (χ0) is 19.9. The van der Waals surface area contributed by atoms with E-state index in [0.29, 0.717) is 19.5 Å². The van der Waals surface area contributed by atoms with E-state index in [2.05, 4.69) is 15.4 Å². The Hall–Kier alpha value is -2.57. The number of likely N-dealkylation sites (tertiary alicyclic amines) is 1. The van der Waals surface area contributed by atoms with Crippen LogP contribution < -0.4 is 10.6 Å². The molecule has 1 heterocycles. The third-order valence-corrected chi connectivity index (χ3v) is 5.69. The number of ether oxygens (including phenoxy) is 1. The Kier molecular flexibility index (Phi) is 6.90. The van der Waals surface area contributed by atoms with Gasteiger partial charge >= 0.3 is 6.09 Å². The summed E-state index contributed by atoms with van der Waals surface area (Å²) in [7, 11) is 1.29. The van der Waals surface area contributed by atoms with E-state index in [4.69, 9.17) is 0 Å². The maximum atomic E-state index is 13.0. The van der Waals surface area contributed by atoms with E-state index in [1.807, 2.05) is 30.3 Å². The van der Waals surface area contributed by atoms with Crippen molar-refractivity contribution in [1.82, 2.24) is 15.5 Å². The summed E-state index contributed by atoms with van der Waals surface area (Å²) in [5, 5.41) is 5.79. The molecule has 3 amide bonds. The molecule has 1 atom stereocenters. The number of alkyl carbamates (subject to hydrolysis) is 1. The summed E-state index contributed by atoms with van der Waals surface area (Å²) in [6, 6.07) is 9.05. The molecule has 0 spiro atoms. The maximum absolute atomic E-state index is 13.0. The quantitative estimate of drug-likeness (QED) is 0.780. The molecule has 0 aromatic heterocycles. The van der Waals surface area contributed by atoms with Crippen molar-refractivity contribution < 1.29 is 19.1 Å². The number of benzene rings is 1. The Morgan fingerprint density at radius 3 is 2.36 bits per heavy atom. The van der Waals surface area contributed by atoms with Crippen LogP contribution in [0.25, 0.3) is 0 Å². The highest BCUT2D eigenvalue weighted by atomic mass is 16.5. The van der Waals surface area contributed by atoms with Gasteiger partial charge in [0.1, 0.15) is 6.04 Å². The Morgan fingerprint density at radius 1 is 1.11 bits per heavy atom. The van der Waals surface area contributed by atoms with Crippen molar-refractivity contribution in [3.05, 3.63) is 35.9 Å². The molecule has 1 unspecified atom stereocenters. The maximum Gasteiger partial charge on any atom is 0.407 e. The fourth-order valence-corrected chi connectivity index (χ4v) is 3.71. The predicted molar refractivity (Wildman–Crippen MR) is 105 cm³/mol. The lowest BCUT2D eigenvalue weighted by atomic mass is 9.84. The molecule has 1 saturated carbocycles. The van der Waals surface area contributed by atoms with Gasteiger partial charge in [-0.05, 0) is 31.2 Å². The number of carbonyl (C=O) groups is 3. The zero-order valence-electron chi connectivity index (χ0n) is 16.4. The molecule has 0 radical (unpaired) electrons. The number of hydrogen-bond acceptors (Lipinski definition) is 4. The second-order valence-electron chi connectivity index (χ2n) is 7.61. The minimum absolute atomic E-state index is 0.113. The summed E-state index contributed by atoms with van der Waals surface area (Å²) < 4.78 is 4.69. The lowest BCUT2D eigenvalue weighted by molar-refractivity contribution is -0.134. The summed E-state index contributed by atoms with van der Waals surface area (Å²) in [6.45, 7) is 1.14. The molecular formula is C21H29N3O4. The SMILES string of the molecule is COC(=O)NC(Cc1ccccc1)C(=O)N1CCC(NC(=O)C2CCC2)CC1. The van der Waals surface area contributed by atoms with E-state index in [1.54, 1.807) is 4.90 Å². The van der Waals surface area contributed by atoms with E-state index in [9.17, 15) is 14.4 Å². The van der Waals surface area contributed by atoms with Crippen molar-refractivity contribution >= 4 is 17.9 Å². The van der Waals surface area contributed by atoms with Gasteiger partial charge in [-0.25, -0.2) is 4.79 Å². The van der Waals surface area contributed by atoms with E-state index < -0.39 is 12.1 Å². The Bertz CT molecular complexity index is 682. The van der Waals surface area contributed by atoms with Crippen LogP contribution in [0.3, 0.4) is 0 Å². The van der Waals surface area contributed by atoms with E-state index in [-0.39, 0.29) is 23.8 Å². The number of nitrogens with one attached hydrogen (secondary N) is 2. The van der Waals surface area contributed by atoms with Crippen molar-refractivity contribution in [3.63, 3.8) is 0 Å². The van der Waals surface area contributed by atoms with Gasteiger partial charge < -0.3 is 20.3 Å². The van der Waals surface area contributed by atoms with Crippen molar-refractivity contribution in [2.75, 3.05) is 20.2 Å². The second-order valence-corrected chi connectivity index (χ2v) is 7.61. The average molecular weight is 387 g/mol. The first-order valence-corrected chi connectivity index (χ1v) is 10.0. The molecule has 1 aliphatic carbocycles. The number of carbonyl (C=O) groups excluding carboxylic acids is 3. The normalized spacial score (nSPS) is 18.7.